The summed E-state index contributed by atoms with van der Waals surface area (Å²) in [6.45, 7) is 16.6. The summed E-state index contributed by atoms with van der Waals surface area (Å²) in [4.78, 5) is 144. The first-order valence-electron chi connectivity index (χ1n) is 33.5. The van der Waals surface area contributed by atoms with Crippen molar-refractivity contribution in [2.24, 2.45) is 41.2 Å². The SMILES string of the molecule is CC[C@H](C)[C@@H]([C@@H](CC(=O)N1CCC[C@H]1[C@H](OC)[C@@H](C)C(=O)C[C@H](C)[C@@H](O)c1ccccc1)OC)N(C)C(=O)[C@@H](NC(=O)[C@H](C(C)C)N(C)C(=O)OCc1ccc(NC(=O)[C@H](CCCNC(N)=O)CC(=O)[C@H](Cc2c[nH]c3ccccc23)NC(=O)CCCC(C)=O)cc1)C(C)C. The summed E-state index contributed by atoms with van der Waals surface area (Å²) in [5.74, 6) is -5.46. The molecule has 1 aliphatic rings. The van der Waals surface area contributed by atoms with Gasteiger partial charge >= 0.3 is 12.1 Å². The quantitative estimate of drug-likeness (QED) is 0.0206. The molecule has 1 aliphatic heterocycles. The number of ether oxygens (including phenoxy) is 3. The van der Waals surface area contributed by atoms with Gasteiger partial charge in [0.15, 0.2) is 5.78 Å². The van der Waals surface area contributed by atoms with Gasteiger partial charge in [0, 0.05) is 108 Å². The maximum Gasteiger partial charge on any atom is 0.410 e. The molecule has 0 aliphatic carbocycles. The van der Waals surface area contributed by atoms with Crippen molar-refractivity contribution in [3.8, 4) is 0 Å². The lowest BCUT2D eigenvalue weighted by Crippen LogP contribution is -2.60. The highest BCUT2D eigenvalue weighted by Gasteiger charge is 2.44. The van der Waals surface area contributed by atoms with E-state index < -0.39 is 108 Å². The number of aliphatic hydroxyl groups is 1. The fraction of sp³-hybridized carbons (Fsp3) is 0.583. The maximum atomic E-state index is 14.8. The number of likely N-dealkylation sites (tertiary alicyclic amines) is 1. The number of benzene rings is 3. The first-order chi connectivity index (χ1) is 45.1. The van der Waals surface area contributed by atoms with Crippen molar-refractivity contribution in [2.45, 2.75) is 194 Å². The normalized spacial score (nSPS) is 16.6. The third kappa shape index (κ3) is 22.6. The number of aromatic nitrogens is 1. The molecule has 1 aromatic heterocycles. The van der Waals surface area contributed by atoms with Crippen LogP contribution in [-0.2, 0) is 65.6 Å². The Balaban J connectivity index is 1.22. The topological polar surface area (TPSA) is 318 Å². The number of rotatable bonds is 39. The number of aromatic amines is 1. The molecule has 12 atom stereocenters. The van der Waals surface area contributed by atoms with Crippen molar-refractivity contribution in [1.29, 1.82) is 0 Å². The van der Waals surface area contributed by atoms with E-state index in [1.807, 2.05) is 96.1 Å². The molecule has 5 rings (SSSR count). The van der Waals surface area contributed by atoms with Crippen LogP contribution in [0.2, 0.25) is 0 Å². The lowest BCUT2D eigenvalue weighted by molar-refractivity contribution is -0.148. The minimum absolute atomic E-state index is 0.0318. The van der Waals surface area contributed by atoms with Gasteiger partial charge in [-0.3, -0.25) is 38.5 Å². The number of para-hydroxylation sites is 1. The summed E-state index contributed by atoms with van der Waals surface area (Å²) in [5, 5.41) is 23.1. The van der Waals surface area contributed by atoms with Crippen molar-refractivity contribution in [3.05, 3.63) is 102 Å². The molecule has 0 bridgehead atoms. The Kier molecular flexibility index (Phi) is 31.0. The molecule has 23 nitrogen and oxygen atoms in total. The van der Waals surface area contributed by atoms with Crippen LogP contribution in [0.5, 0.6) is 0 Å². The number of methoxy groups -OCH3 is 2. The zero-order valence-corrected chi connectivity index (χ0v) is 57.9. The zero-order valence-electron chi connectivity index (χ0n) is 57.9. The monoisotopic (exact) mass is 1320 g/mol. The fourth-order valence-electron chi connectivity index (χ4n) is 12.9. The van der Waals surface area contributed by atoms with Crippen LogP contribution in [0.3, 0.4) is 0 Å². The van der Waals surface area contributed by atoms with Gasteiger partial charge in [-0.1, -0.05) is 122 Å². The number of carbonyl (C=O) groups excluding carboxylic acids is 10. The van der Waals surface area contributed by atoms with Crippen LogP contribution in [0.25, 0.3) is 10.9 Å². The van der Waals surface area contributed by atoms with Crippen molar-refractivity contribution in [2.75, 3.05) is 46.7 Å². The van der Waals surface area contributed by atoms with Crippen LogP contribution in [0.4, 0.5) is 15.3 Å². The predicted molar refractivity (Wildman–Crippen MR) is 363 cm³/mol. The van der Waals surface area contributed by atoms with Gasteiger partial charge in [0.25, 0.3) is 0 Å². The molecule has 1 saturated heterocycles. The lowest BCUT2D eigenvalue weighted by Gasteiger charge is -2.41. The van der Waals surface area contributed by atoms with Gasteiger partial charge in [0.1, 0.15) is 30.3 Å². The van der Waals surface area contributed by atoms with E-state index in [2.05, 4.69) is 26.3 Å². The summed E-state index contributed by atoms with van der Waals surface area (Å²) >= 11 is 0. The Hall–Kier alpha value is -8.02. The minimum atomic E-state index is -1.08. The third-order valence-electron chi connectivity index (χ3n) is 18.6. The second-order valence-corrected chi connectivity index (χ2v) is 26.4. The van der Waals surface area contributed by atoms with Crippen molar-refractivity contribution in [1.82, 2.24) is 35.6 Å². The van der Waals surface area contributed by atoms with Crippen molar-refractivity contribution >= 4 is 75.6 Å². The highest BCUT2D eigenvalue weighted by molar-refractivity contribution is 5.98. The Bertz CT molecular complexity index is 3190. The molecule has 1 fully saturated rings. The average Bonchev–Trinajstić information content (AvgIpc) is 1.79. The highest BCUT2D eigenvalue weighted by atomic mass is 16.6. The summed E-state index contributed by atoms with van der Waals surface area (Å²) in [5.41, 5.74) is 8.59. The van der Waals surface area contributed by atoms with Gasteiger partial charge in [0.2, 0.25) is 29.5 Å². The number of nitrogens with one attached hydrogen (secondary N) is 5. The first kappa shape index (κ1) is 77.7. The molecule has 2 heterocycles. The van der Waals surface area contributed by atoms with Crippen LogP contribution < -0.4 is 27.0 Å². The molecular weight excluding hydrogens is 1210 g/mol. The molecule has 8 N–H and O–H groups in total. The standard InChI is InChI=1S/C72H105N9O14/c1-14-45(6)65(60(93-12)40-62(86)81-36-22-29-57(81)67(94-13)48(9)58(83)37-46(7)66(87)50-24-16-15-17-25-50)79(10)70(90)63(43(2)3)78-69(89)64(44(4)5)80(11)72(92)95-42-49-31-33-53(34-32-49)76-68(88)51(26-21-35-74-71(73)91)39-59(84)56(77-61(85)30-20-23-47(8)82)38-52-41-75-55-28-19-18-27-54(52)55/h15-19,24-25,27-28,31-34,41,43-46,48,51,56-57,60,63-67,75,87H,14,20-23,26,29-30,35-40,42H2,1-13H3,(H,76,88)(H,77,85)(H,78,89)(H3,73,74,91)/t45-,46-,48-,51+,56-,57-,60+,63-,64-,65-,66+,67+/m0/s1. The predicted octanol–water partition coefficient (Wildman–Crippen LogP) is 8.60. The number of hydrogen-bond donors (Lipinski definition) is 7. The largest absolute Gasteiger partial charge is 0.445 e. The second-order valence-electron chi connectivity index (χ2n) is 26.4. The molecule has 8 amide bonds. The van der Waals surface area contributed by atoms with E-state index in [0.717, 1.165) is 22.0 Å². The van der Waals surface area contributed by atoms with Crippen LogP contribution >= 0.6 is 0 Å². The molecule has 3 aromatic carbocycles. The third-order valence-corrected chi connectivity index (χ3v) is 18.6. The molecular formula is C72H105N9O14. The number of fused-ring (bicyclic) bond motifs is 1. The number of carbonyl (C=O) groups is 10. The Morgan fingerprint density at radius 1 is 0.758 bits per heavy atom. The molecule has 0 saturated carbocycles. The van der Waals surface area contributed by atoms with E-state index in [9.17, 15) is 53.1 Å². The fourth-order valence-corrected chi connectivity index (χ4v) is 12.9. The summed E-state index contributed by atoms with van der Waals surface area (Å²) in [7, 11) is 6.15. The summed E-state index contributed by atoms with van der Waals surface area (Å²) < 4.78 is 17.9. The number of hydrogen-bond acceptors (Lipinski definition) is 14. The van der Waals surface area contributed by atoms with Crippen molar-refractivity contribution in [3.63, 3.8) is 0 Å². The summed E-state index contributed by atoms with van der Waals surface area (Å²) in [6.07, 6.45) is 1.71. The number of urea groups is 1. The minimum Gasteiger partial charge on any atom is -0.445 e. The number of aliphatic hydroxyl groups excluding tert-OH is 1. The summed E-state index contributed by atoms with van der Waals surface area (Å²) in [6, 6.07) is 18.4. The maximum absolute atomic E-state index is 14.8. The van der Waals surface area contributed by atoms with Gasteiger partial charge in [-0.05, 0) is 97.6 Å². The number of primary amides is 1. The Labute approximate surface area is 560 Å². The molecule has 522 valence electrons. The average molecular weight is 1320 g/mol. The highest BCUT2D eigenvalue weighted by Crippen LogP contribution is 2.33. The second kappa shape index (κ2) is 37.9. The molecule has 4 aromatic rings. The van der Waals surface area contributed by atoms with Crippen molar-refractivity contribution < 1.29 is 67.3 Å². The van der Waals surface area contributed by atoms with Gasteiger partial charge in [-0.25, -0.2) is 9.59 Å². The smallest absolute Gasteiger partial charge is 0.410 e. The van der Waals surface area contributed by atoms with E-state index in [4.69, 9.17) is 19.9 Å². The number of nitrogens with zero attached hydrogens (tertiary/aromatic N) is 3. The number of amides is 8. The van der Waals surface area contributed by atoms with Gasteiger partial charge < -0.3 is 65.9 Å². The molecule has 0 radical (unpaired) electrons. The Morgan fingerprint density at radius 2 is 1.43 bits per heavy atom. The van der Waals surface area contributed by atoms with E-state index in [1.165, 1.54) is 26.0 Å². The van der Waals surface area contributed by atoms with E-state index in [-0.39, 0.29) is 93.2 Å². The number of H-pyrrole nitrogens is 1. The van der Waals surface area contributed by atoms with Crippen LogP contribution in [-0.4, -0.2) is 168 Å². The number of anilines is 1. The molecule has 95 heavy (non-hydrogen) atoms. The number of nitrogens with two attached hydrogens (primary N) is 1. The first-order valence-corrected chi connectivity index (χ1v) is 33.5. The van der Waals surface area contributed by atoms with Crippen LogP contribution in [0.1, 0.15) is 156 Å². The molecule has 0 spiro atoms. The number of likely N-dealkylation sites (N-methyl/N-ethyl adjacent to an activating group) is 2. The van der Waals surface area contributed by atoms with Crippen LogP contribution in [0, 0.1) is 35.5 Å². The van der Waals surface area contributed by atoms with E-state index in [0.29, 0.717) is 49.9 Å². The van der Waals surface area contributed by atoms with Gasteiger partial charge in [-0.15, -0.1) is 0 Å². The molecule has 0 unspecified atom stereocenters. The zero-order chi connectivity index (χ0) is 70.2. The van der Waals surface area contributed by atoms with Gasteiger partial charge in [0.05, 0.1) is 42.9 Å². The van der Waals surface area contributed by atoms with E-state index >= 15 is 0 Å². The molecule has 23 heteroatoms. The van der Waals surface area contributed by atoms with Gasteiger partial charge in [-0.2, -0.15) is 0 Å². The Morgan fingerprint density at radius 3 is 2.05 bits per heavy atom. The number of Topliss-reactive ketones (excluding diaryl/α,β-unsaturated/α-hetero) is 3. The van der Waals surface area contributed by atoms with Crippen LogP contribution in [0.15, 0.2) is 85.1 Å². The number of ketones is 3. The van der Waals surface area contributed by atoms with E-state index in [1.54, 1.807) is 68.3 Å². The lowest BCUT2D eigenvalue weighted by atomic mass is 9.85.